The molecule has 0 N–H and O–H groups in total. The first-order valence-electron chi connectivity index (χ1n) is 7.86. The van der Waals surface area contributed by atoms with Crippen LogP contribution in [0.5, 0.6) is 0 Å². The molecule has 3 rings (SSSR count). The van der Waals surface area contributed by atoms with E-state index in [-0.39, 0.29) is 22.8 Å². The Morgan fingerprint density at radius 1 is 1.19 bits per heavy atom. The quantitative estimate of drug-likeness (QED) is 0.761. The second-order valence-electron chi connectivity index (χ2n) is 5.90. The summed E-state index contributed by atoms with van der Waals surface area (Å²) >= 11 is 0. The van der Waals surface area contributed by atoms with E-state index in [9.17, 15) is 17.2 Å². The maximum absolute atomic E-state index is 14.1. The lowest BCUT2D eigenvalue weighted by molar-refractivity contribution is 0.170. The highest BCUT2D eigenvalue weighted by Gasteiger charge is 2.30. The molecule has 0 fully saturated rings. The summed E-state index contributed by atoms with van der Waals surface area (Å²) in [6, 6.07) is 9.42. The Balaban J connectivity index is 2.05. The maximum Gasteiger partial charge on any atom is 0.264 e. The molecule has 0 aromatic heterocycles. The molecule has 0 amide bonds. The molecule has 2 aromatic carbocycles. The Bertz CT molecular complexity index is 969. The first-order valence-corrected chi connectivity index (χ1v) is 9.30. The van der Waals surface area contributed by atoms with E-state index in [0.29, 0.717) is 0 Å². The third-order valence-electron chi connectivity index (χ3n) is 3.99. The standard InChI is InChI=1S/C19H17F2NO3S/c1-3-15-11-22(26(23,24)16-7-4-13(2)5-8-16)12-19(25-15)17-9-6-14(20)10-18(17)21/h3-10,12,15H,1,11H2,2H3/t15-/m0/s1. The van der Waals surface area contributed by atoms with Gasteiger partial charge in [0, 0.05) is 6.07 Å². The Kier molecular flexibility index (Phi) is 4.82. The highest BCUT2D eigenvalue weighted by Crippen LogP contribution is 2.29. The first kappa shape index (κ1) is 18.1. The van der Waals surface area contributed by atoms with E-state index in [1.54, 1.807) is 12.1 Å². The molecule has 136 valence electrons. The van der Waals surface area contributed by atoms with Crippen molar-refractivity contribution in [1.29, 1.82) is 0 Å². The molecular formula is C19H17F2NO3S. The minimum atomic E-state index is -3.85. The highest BCUT2D eigenvalue weighted by molar-refractivity contribution is 7.89. The number of sulfonamides is 1. The SMILES string of the molecule is C=C[C@H]1CN(S(=O)(=O)c2ccc(C)cc2)C=C(c2ccc(F)cc2F)O1. The van der Waals surface area contributed by atoms with Gasteiger partial charge >= 0.3 is 0 Å². The molecule has 0 spiro atoms. The van der Waals surface area contributed by atoms with Crippen molar-refractivity contribution in [2.45, 2.75) is 17.9 Å². The van der Waals surface area contributed by atoms with E-state index in [1.807, 2.05) is 6.92 Å². The van der Waals surface area contributed by atoms with Gasteiger partial charge in [0.1, 0.15) is 23.5 Å². The minimum Gasteiger partial charge on any atom is -0.482 e. The number of hydrogen-bond donors (Lipinski definition) is 0. The van der Waals surface area contributed by atoms with Crippen LogP contribution in [0.4, 0.5) is 8.78 Å². The number of ether oxygens (including phenoxy) is 1. The number of rotatable bonds is 4. The third kappa shape index (κ3) is 3.48. The lowest BCUT2D eigenvalue weighted by Gasteiger charge is -2.31. The predicted molar refractivity (Wildman–Crippen MR) is 94.5 cm³/mol. The van der Waals surface area contributed by atoms with Gasteiger partial charge in [-0.1, -0.05) is 24.3 Å². The summed E-state index contributed by atoms with van der Waals surface area (Å²) in [7, 11) is -3.85. The fourth-order valence-corrected chi connectivity index (χ4v) is 3.88. The first-order chi connectivity index (χ1) is 12.3. The summed E-state index contributed by atoms with van der Waals surface area (Å²) in [4.78, 5) is 0.114. The van der Waals surface area contributed by atoms with Crippen molar-refractivity contribution in [3.63, 3.8) is 0 Å². The summed E-state index contributed by atoms with van der Waals surface area (Å²) < 4.78 is 59.8. The van der Waals surface area contributed by atoms with Gasteiger partial charge < -0.3 is 4.74 Å². The fraction of sp³-hybridized carbons (Fsp3) is 0.158. The van der Waals surface area contributed by atoms with Gasteiger partial charge in [0.2, 0.25) is 0 Å². The van der Waals surface area contributed by atoms with Gasteiger partial charge in [-0.3, -0.25) is 4.31 Å². The molecule has 1 atom stereocenters. The highest BCUT2D eigenvalue weighted by atomic mass is 32.2. The van der Waals surface area contributed by atoms with Crippen LogP contribution in [-0.4, -0.2) is 25.4 Å². The summed E-state index contributed by atoms with van der Waals surface area (Å²) in [6.45, 7) is 5.48. The second-order valence-corrected chi connectivity index (χ2v) is 7.79. The van der Waals surface area contributed by atoms with Crippen molar-refractivity contribution in [3.8, 4) is 0 Å². The molecule has 7 heteroatoms. The summed E-state index contributed by atoms with van der Waals surface area (Å²) in [5.41, 5.74) is 0.904. The van der Waals surface area contributed by atoms with E-state index in [4.69, 9.17) is 4.74 Å². The minimum absolute atomic E-state index is 0.00524. The van der Waals surface area contributed by atoms with E-state index < -0.39 is 27.8 Å². The van der Waals surface area contributed by atoms with Crippen molar-refractivity contribution in [2.24, 2.45) is 0 Å². The summed E-state index contributed by atoms with van der Waals surface area (Å²) in [5.74, 6) is -1.57. The van der Waals surface area contributed by atoms with Gasteiger partial charge in [-0.05, 0) is 37.3 Å². The number of aryl methyl sites for hydroxylation is 1. The molecule has 0 bridgehead atoms. The van der Waals surface area contributed by atoms with Gasteiger partial charge in [0.05, 0.1) is 23.2 Å². The average Bonchev–Trinajstić information content (AvgIpc) is 2.61. The molecule has 0 aliphatic carbocycles. The average molecular weight is 377 g/mol. The van der Waals surface area contributed by atoms with Crippen LogP contribution in [0.3, 0.4) is 0 Å². The van der Waals surface area contributed by atoms with Crippen LogP contribution in [0.15, 0.2) is 66.2 Å². The van der Waals surface area contributed by atoms with Crippen LogP contribution < -0.4 is 0 Å². The number of halogens is 2. The van der Waals surface area contributed by atoms with Crippen LogP contribution in [0, 0.1) is 18.6 Å². The van der Waals surface area contributed by atoms with E-state index >= 15 is 0 Å². The second kappa shape index (κ2) is 6.92. The van der Waals surface area contributed by atoms with Gasteiger partial charge in [-0.25, -0.2) is 17.2 Å². The molecule has 2 aromatic rings. The normalized spacial score (nSPS) is 17.4. The summed E-state index contributed by atoms with van der Waals surface area (Å²) in [5, 5.41) is 0. The summed E-state index contributed by atoms with van der Waals surface area (Å²) in [6.07, 6.45) is 1.98. The van der Waals surface area contributed by atoms with Crippen molar-refractivity contribution >= 4 is 15.8 Å². The molecular weight excluding hydrogens is 360 g/mol. The Morgan fingerprint density at radius 2 is 1.88 bits per heavy atom. The van der Waals surface area contributed by atoms with Crippen molar-refractivity contribution in [1.82, 2.24) is 4.31 Å². The number of benzene rings is 2. The van der Waals surface area contributed by atoms with Crippen LogP contribution in [-0.2, 0) is 14.8 Å². The Labute approximate surface area is 151 Å². The molecule has 4 nitrogen and oxygen atoms in total. The van der Waals surface area contributed by atoms with Gasteiger partial charge in [0.25, 0.3) is 10.0 Å². The van der Waals surface area contributed by atoms with E-state index in [2.05, 4.69) is 6.58 Å². The smallest absolute Gasteiger partial charge is 0.264 e. The van der Waals surface area contributed by atoms with Gasteiger partial charge in [-0.2, -0.15) is 0 Å². The molecule has 0 saturated carbocycles. The molecule has 1 aliphatic rings. The topological polar surface area (TPSA) is 46.6 Å². The van der Waals surface area contributed by atoms with E-state index in [0.717, 1.165) is 22.0 Å². The van der Waals surface area contributed by atoms with Crippen molar-refractivity contribution in [2.75, 3.05) is 6.54 Å². The monoisotopic (exact) mass is 377 g/mol. The zero-order valence-electron chi connectivity index (χ0n) is 14.0. The lowest BCUT2D eigenvalue weighted by atomic mass is 10.1. The van der Waals surface area contributed by atoms with E-state index in [1.165, 1.54) is 30.5 Å². The fourth-order valence-electron chi connectivity index (χ4n) is 2.55. The Hall–Kier alpha value is -2.67. The van der Waals surface area contributed by atoms with Crippen LogP contribution in [0.25, 0.3) is 5.76 Å². The number of nitrogens with zero attached hydrogens (tertiary/aromatic N) is 1. The lowest BCUT2D eigenvalue weighted by Crippen LogP contribution is -2.37. The van der Waals surface area contributed by atoms with Crippen LogP contribution in [0.2, 0.25) is 0 Å². The zero-order valence-corrected chi connectivity index (χ0v) is 14.8. The maximum atomic E-state index is 14.1. The third-order valence-corrected chi connectivity index (χ3v) is 5.73. The molecule has 1 heterocycles. The van der Waals surface area contributed by atoms with Crippen LogP contribution in [0.1, 0.15) is 11.1 Å². The van der Waals surface area contributed by atoms with Gasteiger partial charge in [-0.15, -0.1) is 0 Å². The predicted octanol–water partition coefficient (Wildman–Crippen LogP) is 3.85. The Morgan fingerprint density at radius 3 is 2.50 bits per heavy atom. The van der Waals surface area contributed by atoms with Crippen LogP contribution >= 0.6 is 0 Å². The molecule has 0 saturated heterocycles. The molecule has 26 heavy (non-hydrogen) atoms. The van der Waals surface area contributed by atoms with Crippen molar-refractivity contribution in [3.05, 3.63) is 84.1 Å². The molecule has 0 unspecified atom stereocenters. The number of hydrogen-bond acceptors (Lipinski definition) is 3. The molecule has 0 radical (unpaired) electrons. The van der Waals surface area contributed by atoms with Crippen molar-refractivity contribution < 1.29 is 21.9 Å². The zero-order chi connectivity index (χ0) is 18.9. The molecule has 1 aliphatic heterocycles. The van der Waals surface area contributed by atoms with Gasteiger partial charge in [0.15, 0.2) is 0 Å². The largest absolute Gasteiger partial charge is 0.482 e.